The van der Waals surface area contributed by atoms with E-state index in [-0.39, 0.29) is 71.4 Å². The van der Waals surface area contributed by atoms with E-state index in [1.165, 1.54) is 25.3 Å². The molecule has 6 rings (SSSR count). The average Bonchev–Trinajstić information content (AvgIpc) is 3.10. The van der Waals surface area contributed by atoms with E-state index in [0.29, 0.717) is 18.4 Å². The van der Waals surface area contributed by atoms with Crippen molar-refractivity contribution in [3.05, 3.63) is 129 Å². The first-order valence-corrected chi connectivity index (χ1v) is 16.0. The number of likely N-dealkylation sites (tertiary alicyclic amines) is 1. The summed E-state index contributed by atoms with van der Waals surface area (Å²) in [5.41, 5.74) is 0.221. The van der Waals surface area contributed by atoms with Gasteiger partial charge >= 0.3 is 0 Å². The van der Waals surface area contributed by atoms with Crippen molar-refractivity contribution in [3.63, 3.8) is 0 Å². The number of piperidine rings is 1. The van der Waals surface area contributed by atoms with Crippen LogP contribution in [0.3, 0.4) is 0 Å². The van der Waals surface area contributed by atoms with Crippen LogP contribution in [-0.4, -0.2) is 56.4 Å². The number of carbonyl (C=O) groups is 1. The molecule has 0 radical (unpaired) electrons. The monoisotopic (exact) mass is 675 g/mol. The van der Waals surface area contributed by atoms with Crippen molar-refractivity contribution in [3.8, 4) is 11.1 Å². The van der Waals surface area contributed by atoms with Gasteiger partial charge in [-0.15, -0.1) is 0 Å². The number of nitrogens with zero attached hydrogens (tertiary/aromatic N) is 5. The van der Waals surface area contributed by atoms with Crippen LogP contribution in [0.2, 0.25) is 0 Å². The molecule has 0 bridgehead atoms. The summed E-state index contributed by atoms with van der Waals surface area (Å²) >= 11 is 0. The highest BCUT2D eigenvalue weighted by atomic mass is 19.2. The molecule has 0 N–H and O–H groups in total. The average molecular weight is 676 g/mol. The van der Waals surface area contributed by atoms with Crippen molar-refractivity contribution >= 4 is 16.9 Å². The minimum Gasteiger partial charge on any atom is -0.334 e. The summed E-state index contributed by atoms with van der Waals surface area (Å²) in [6.45, 7) is 2.68. The third-order valence-electron chi connectivity index (χ3n) is 9.21. The fraction of sp³-hybridized carbons (Fsp3) is 0.297. The second-order valence-corrected chi connectivity index (χ2v) is 12.4. The van der Waals surface area contributed by atoms with Crippen LogP contribution in [0.5, 0.6) is 0 Å². The lowest BCUT2D eigenvalue weighted by atomic mass is 9.99. The molecule has 49 heavy (non-hydrogen) atoms. The molecular weight excluding hydrogens is 641 g/mol. The summed E-state index contributed by atoms with van der Waals surface area (Å²) in [6, 6.07) is 14.4. The summed E-state index contributed by atoms with van der Waals surface area (Å²) in [5, 5.41) is 0.216. The number of aryl methyl sites for hydroxylation is 2. The van der Waals surface area contributed by atoms with Crippen molar-refractivity contribution in [1.82, 2.24) is 24.3 Å². The van der Waals surface area contributed by atoms with Crippen LogP contribution in [0, 0.1) is 36.0 Å². The Morgan fingerprint density at radius 3 is 2.37 bits per heavy atom. The molecule has 1 amide bonds. The molecule has 0 aliphatic carbocycles. The highest BCUT2D eigenvalue weighted by molar-refractivity contribution is 5.80. The van der Waals surface area contributed by atoms with E-state index >= 15 is 0 Å². The smallest absolute Gasteiger partial charge is 0.282 e. The normalized spacial score (nSPS) is 14.0. The van der Waals surface area contributed by atoms with Crippen molar-refractivity contribution in [2.45, 2.75) is 51.7 Å². The molecule has 0 saturated carbocycles. The largest absolute Gasteiger partial charge is 0.334 e. The van der Waals surface area contributed by atoms with Gasteiger partial charge in [0.1, 0.15) is 23.8 Å². The van der Waals surface area contributed by atoms with Gasteiger partial charge < -0.3 is 14.4 Å². The number of pyridine rings is 1. The number of amides is 1. The first-order chi connectivity index (χ1) is 23.5. The molecule has 3 heterocycles. The van der Waals surface area contributed by atoms with Crippen LogP contribution in [0.15, 0.2) is 71.7 Å². The maximum Gasteiger partial charge on any atom is 0.282 e. The van der Waals surface area contributed by atoms with Crippen molar-refractivity contribution in [2.24, 2.45) is 0 Å². The van der Waals surface area contributed by atoms with Crippen LogP contribution in [0.25, 0.3) is 22.2 Å². The zero-order chi connectivity index (χ0) is 34.8. The summed E-state index contributed by atoms with van der Waals surface area (Å²) in [4.78, 5) is 39.8. The number of benzene rings is 3. The lowest BCUT2D eigenvalue weighted by molar-refractivity contribution is -0.135. The molecule has 3 aromatic carbocycles. The lowest BCUT2D eigenvalue weighted by Crippen LogP contribution is -2.47. The Morgan fingerprint density at radius 1 is 0.898 bits per heavy atom. The van der Waals surface area contributed by atoms with E-state index in [1.807, 2.05) is 7.05 Å². The second-order valence-electron chi connectivity index (χ2n) is 12.4. The zero-order valence-corrected chi connectivity index (χ0v) is 27.0. The van der Waals surface area contributed by atoms with Crippen molar-refractivity contribution in [1.29, 1.82) is 0 Å². The number of aromatic nitrogens is 3. The molecule has 7 nitrogen and oxygen atoms in total. The Kier molecular flexibility index (Phi) is 9.86. The third-order valence-corrected chi connectivity index (χ3v) is 9.21. The SMILES string of the molecule is Cc1c(F)cc(-c2ccc(CN(C(=O)Cn3c(CCc4cccc(F)c4F)nc(=O)c4cccnc43)C3CCN(C)CC3)cc2)c(F)c1F. The van der Waals surface area contributed by atoms with E-state index in [4.69, 9.17) is 0 Å². The van der Waals surface area contributed by atoms with Gasteiger partial charge in [-0.25, -0.2) is 26.9 Å². The van der Waals surface area contributed by atoms with Crippen LogP contribution in [-0.2, 0) is 30.7 Å². The quantitative estimate of drug-likeness (QED) is 0.134. The van der Waals surface area contributed by atoms with Crippen LogP contribution in [0.4, 0.5) is 22.0 Å². The lowest BCUT2D eigenvalue weighted by Gasteiger charge is -2.37. The molecule has 12 heteroatoms. The molecule has 1 fully saturated rings. The molecule has 254 valence electrons. The number of hydrogen-bond acceptors (Lipinski definition) is 5. The predicted octanol–water partition coefficient (Wildman–Crippen LogP) is 6.37. The Hall–Kier alpha value is -4.97. The Morgan fingerprint density at radius 2 is 1.63 bits per heavy atom. The highest BCUT2D eigenvalue weighted by Crippen LogP contribution is 2.29. The number of fused-ring (bicyclic) bond motifs is 1. The van der Waals surface area contributed by atoms with Gasteiger partial charge in [0.2, 0.25) is 5.91 Å². The molecule has 1 aliphatic rings. The number of carbonyl (C=O) groups excluding carboxylic acids is 1. The van der Waals surface area contributed by atoms with E-state index in [9.17, 15) is 31.5 Å². The van der Waals surface area contributed by atoms with E-state index in [1.54, 1.807) is 45.9 Å². The van der Waals surface area contributed by atoms with Gasteiger partial charge in [-0.05, 0) is 87.3 Å². The standard InChI is InChI=1S/C37H34F5N5O2/c1-22-30(39)19-28(35(42)33(22)40)24-10-8-23(9-11-24)20-46(26-14-17-45(2)18-15-26)32(48)21-47-31(13-12-25-5-3-7-29(38)34(25)41)44-37(49)27-6-4-16-43-36(27)47/h3-11,16,19,26H,12-15,17-18,20-21H2,1-2H3. The Balaban J connectivity index is 1.32. The Labute approximate surface area is 279 Å². The van der Waals surface area contributed by atoms with Gasteiger partial charge in [0, 0.05) is 36.3 Å². The van der Waals surface area contributed by atoms with Gasteiger partial charge in [0.25, 0.3) is 5.56 Å². The summed E-state index contributed by atoms with van der Waals surface area (Å²) in [5.74, 6) is -5.26. The van der Waals surface area contributed by atoms with E-state index in [0.717, 1.165) is 25.2 Å². The van der Waals surface area contributed by atoms with E-state index in [2.05, 4.69) is 14.9 Å². The van der Waals surface area contributed by atoms with Crippen LogP contribution in [0.1, 0.15) is 35.4 Å². The molecule has 0 unspecified atom stereocenters. The van der Waals surface area contributed by atoms with E-state index < -0.39 is 40.2 Å². The topological polar surface area (TPSA) is 71.3 Å². The molecular formula is C37H34F5N5O2. The fourth-order valence-electron chi connectivity index (χ4n) is 6.32. The van der Waals surface area contributed by atoms with Crippen molar-refractivity contribution in [2.75, 3.05) is 20.1 Å². The fourth-order valence-corrected chi connectivity index (χ4v) is 6.32. The predicted molar refractivity (Wildman–Crippen MR) is 175 cm³/mol. The molecule has 0 atom stereocenters. The minimum absolute atomic E-state index is 0.0307. The molecule has 5 aromatic rings. The second kappa shape index (κ2) is 14.3. The molecule has 1 saturated heterocycles. The minimum atomic E-state index is -1.24. The summed E-state index contributed by atoms with van der Waals surface area (Å²) in [6.07, 6.45) is 3.00. The maximum absolute atomic E-state index is 14.7. The van der Waals surface area contributed by atoms with Crippen molar-refractivity contribution < 1.29 is 26.7 Å². The zero-order valence-electron chi connectivity index (χ0n) is 27.0. The number of rotatable bonds is 9. The molecule has 2 aromatic heterocycles. The summed E-state index contributed by atoms with van der Waals surface area (Å²) in [7, 11) is 2.01. The maximum atomic E-state index is 14.7. The van der Waals surface area contributed by atoms with Crippen LogP contribution < -0.4 is 5.56 Å². The van der Waals surface area contributed by atoms with Gasteiger partial charge in [0.15, 0.2) is 23.3 Å². The van der Waals surface area contributed by atoms with Gasteiger partial charge in [-0.3, -0.25) is 9.59 Å². The van der Waals surface area contributed by atoms with Gasteiger partial charge in [-0.2, -0.15) is 4.98 Å². The molecule has 0 spiro atoms. The number of hydrogen-bond donors (Lipinski definition) is 0. The highest BCUT2D eigenvalue weighted by Gasteiger charge is 2.29. The third kappa shape index (κ3) is 7.10. The first-order valence-electron chi connectivity index (χ1n) is 16.0. The first kappa shape index (κ1) is 33.9. The number of halogens is 5. The summed E-state index contributed by atoms with van der Waals surface area (Å²) < 4.78 is 73.2. The van der Waals surface area contributed by atoms with Crippen LogP contribution >= 0.6 is 0 Å². The van der Waals surface area contributed by atoms with Gasteiger partial charge in [-0.1, -0.05) is 36.4 Å². The Bertz CT molecular complexity index is 2080. The molecule has 1 aliphatic heterocycles. The van der Waals surface area contributed by atoms with Gasteiger partial charge in [0.05, 0.1) is 5.39 Å².